The molecule has 5 heterocycles. The van der Waals surface area contributed by atoms with Gasteiger partial charge in [-0.25, -0.2) is 17.6 Å². The van der Waals surface area contributed by atoms with Crippen LogP contribution in [0.2, 0.25) is 0 Å². The molecule has 2 aliphatic heterocycles. The molecule has 0 spiro atoms. The molecule has 2 saturated heterocycles. The highest BCUT2D eigenvalue weighted by Crippen LogP contribution is 2.34. The van der Waals surface area contributed by atoms with Gasteiger partial charge in [0.2, 0.25) is 10.0 Å². The first-order valence-electron chi connectivity index (χ1n) is 16.8. The summed E-state index contributed by atoms with van der Waals surface area (Å²) in [5.41, 5.74) is 5.97. The Balaban J connectivity index is 0.920. The molecule has 0 radical (unpaired) electrons. The lowest BCUT2D eigenvalue weighted by molar-refractivity contribution is 0.148. The summed E-state index contributed by atoms with van der Waals surface area (Å²) in [5, 5.41) is 5.44. The molecule has 7 rings (SSSR count). The van der Waals surface area contributed by atoms with Crippen LogP contribution < -0.4 is 10.6 Å². The molecular weight excluding hydrogens is 674 g/mol. The van der Waals surface area contributed by atoms with Crippen molar-refractivity contribution in [2.45, 2.75) is 37.2 Å². The van der Waals surface area contributed by atoms with Crippen molar-refractivity contribution < 1.29 is 17.6 Å². The van der Waals surface area contributed by atoms with Crippen molar-refractivity contribution in [3.63, 3.8) is 0 Å². The zero-order chi connectivity index (χ0) is 34.8. The first-order chi connectivity index (χ1) is 24.1. The van der Waals surface area contributed by atoms with Gasteiger partial charge in [0.25, 0.3) is 0 Å². The highest BCUT2D eigenvalue weighted by molar-refractivity contribution is 7.89. The molecule has 0 atom stereocenters. The van der Waals surface area contributed by atoms with Crippen molar-refractivity contribution in [3.05, 3.63) is 107 Å². The maximum atomic E-state index is 15.2. The molecule has 5 aromatic rings. The Morgan fingerprint density at radius 3 is 2.42 bits per heavy atom. The van der Waals surface area contributed by atoms with E-state index >= 15 is 4.39 Å². The minimum absolute atomic E-state index is 0.172. The fourth-order valence-corrected chi connectivity index (χ4v) is 8.94. The number of rotatable bonds is 10. The highest BCUT2D eigenvalue weighted by Gasteiger charge is 2.37. The molecule has 0 unspecified atom stereocenters. The van der Waals surface area contributed by atoms with Crippen molar-refractivity contribution in [1.82, 2.24) is 29.4 Å². The number of anilines is 1. The number of urea groups is 1. The predicted molar refractivity (Wildman–Crippen MR) is 195 cm³/mol. The summed E-state index contributed by atoms with van der Waals surface area (Å²) in [6.07, 6.45) is 4.88. The number of nitrogens with one attached hydrogen (secondary N) is 2. The SMILES string of the molecule is Cc1ccc(S(=O)(=O)N2CC(NC(=O)Nc3ccc(CCc4ccnc5cc(-c6ccc(CN7CCN(C)CC7)cn6)sc45)c(F)c3)C2)cc1. The molecule has 260 valence electrons. The fraction of sp³-hybridized carbons (Fsp3) is 0.324. The predicted octanol–water partition coefficient (Wildman–Crippen LogP) is 5.53. The van der Waals surface area contributed by atoms with Crippen molar-refractivity contribution in [2.24, 2.45) is 0 Å². The molecule has 13 heteroatoms. The Morgan fingerprint density at radius 2 is 1.70 bits per heavy atom. The van der Waals surface area contributed by atoms with Crippen LogP contribution in [0, 0.1) is 12.7 Å². The average molecular weight is 714 g/mol. The van der Waals surface area contributed by atoms with E-state index < -0.39 is 21.9 Å². The van der Waals surface area contributed by atoms with E-state index in [2.05, 4.69) is 50.7 Å². The highest BCUT2D eigenvalue weighted by atomic mass is 32.2. The van der Waals surface area contributed by atoms with Crippen LogP contribution >= 0.6 is 11.3 Å². The Bertz CT molecular complexity index is 2090. The van der Waals surface area contributed by atoms with E-state index in [9.17, 15) is 13.2 Å². The standard InChI is InChI=1S/C37H40FN7O3S2/c1-25-3-10-31(11-4-25)50(47,48)45-23-30(24-45)42-37(46)41-29-9-8-27(32(38)19-29)6-7-28-13-14-39-34-20-35(49-36(28)34)33-12-5-26(21-40-33)22-44-17-15-43(2)16-18-44/h3-5,8-14,19-21,30H,6-7,15-18,22-24H2,1-2H3,(H2,41,42,46). The summed E-state index contributed by atoms with van der Waals surface area (Å²) in [4.78, 5) is 28.0. The van der Waals surface area contributed by atoms with Crippen LogP contribution in [0.4, 0.5) is 14.9 Å². The van der Waals surface area contributed by atoms with Gasteiger partial charge in [0.05, 0.1) is 31.7 Å². The van der Waals surface area contributed by atoms with Crippen molar-refractivity contribution in [2.75, 3.05) is 51.6 Å². The van der Waals surface area contributed by atoms with Gasteiger partial charge in [0.1, 0.15) is 5.82 Å². The van der Waals surface area contributed by atoms with Gasteiger partial charge in [0, 0.05) is 63.9 Å². The number of hydrogen-bond donors (Lipinski definition) is 2. The lowest BCUT2D eigenvalue weighted by Crippen LogP contribution is -2.61. The quantitative estimate of drug-likeness (QED) is 0.196. The third-order valence-electron chi connectivity index (χ3n) is 9.39. The van der Waals surface area contributed by atoms with E-state index in [-0.39, 0.29) is 24.0 Å². The number of pyridine rings is 2. The second-order valence-electron chi connectivity index (χ2n) is 13.2. The topological polar surface area (TPSA) is 111 Å². The van der Waals surface area contributed by atoms with Crippen LogP contribution in [0.3, 0.4) is 0 Å². The number of carbonyl (C=O) groups excluding carboxylic acids is 1. The van der Waals surface area contributed by atoms with E-state index in [1.54, 1.807) is 53.9 Å². The molecule has 0 bridgehead atoms. The second kappa shape index (κ2) is 14.5. The summed E-state index contributed by atoms with van der Waals surface area (Å²) < 4.78 is 43.2. The number of halogens is 1. The van der Waals surface area contributed by atoms with Crippen molar-refractivity contribution in [1.29, 1.82) is 0 Å². The number of likely N-dealkylation sites (N-methyl/N-ethyl adjacent to an activating group) is 1. The van der Waals surface area contributed by atoms with Crippen molar-refractivity contribution >= 4 is 43.3 Å². The van der Waals surface area contributed by atoms with Crippen LogP contribution in [-0.2, 0) is 29.4 Å². The number of hydrogen-bond acceptors (Lipinski definition) is 8. The third kappa shape index (κ3) is 7.72. The van der Waals surface area contributed by atoms with E-state index in [0.29, 0.717) is 24.1 Å². The summed E-state index contributed by atoms with van der Waals surface area (Å²) in [6, 6.07) is 18.8. The van der Waals surface area contributed by atoms with Gasteiger partial charge in [-0.1, -0.05) is 29.8 Å². The summed E-state index contributed by atoms with van der Waals surface area (Å²) >= 11 is 1.65. The van der Waals surface area contributed by atoms with Crippen LogP contribution in [0.25, 0.3) is 20.8 Å². The third-order valence-corrected chi connectivity index (χ3v) is 12.5. The number of aryl methyl sites for hydroxylation is 3. The Morgan fingerprint density at radius 1 is 0.940 bits per heavy atom. The number of benzene rings is 2. The number of fused-ring (bicyclic) bond motifs is 1. The molecule has 2 amide bonds. The van der Waals surface area contributed by atoms with Gasteiger partial charge in [-0.05, 0) is 86.0 Å². The van der Waals surface area contributed by atoms with E-state index in [4.69, 9.17) is 4.98 Å². The van der Waals surface area contributed by atoms with Crippen molar-refractivity contribution in [3.8, 4) is 10.6 Å². The maximum Gasteiger partial charge on any atom is 0.319 e. The van der Waals surface area contributed by atoms with Gasteiger partial charge in [-0.3, -0.25) is 14.9 Å². The molecule has 2 aliphatic rings. The normalized spacial score (nSPS) is 16.4. The number of sulfonamides is 1. The fourth-order valence-electron chi connectivity index (χ4n) is 6.28. The molecule has 2 aromatic carbocycles. The molecule has 2 N–H and O–H groups in total. The summed E-state index contributed by atoms with van der Waals surface area (Å²) in [5.74, 6) is -0.403. The number of amides is 2. The second-order valence-corrected chi connectivity index (χ2v) is 16.2. The van der Waals surface area contributed by atoms with Crippen LogP contribution in [0.5, 0.6) is 0 Å². The van der Waals surface area contributed by atoms with Gasteiger partial charge in [-0.15, -0.1) is 11.3 Å². The monoisotopic (exact) mass is 713 g/mol. The van der Waals surface area contributed by atoms with Gasteiger partial charge in [-0.2, -0.15) is 4.31 Å². The minimum atomic E-state index is -3.61. The van der Waals surface area contributed by atoms with E-state index in [1.165, 1.54) is 15.9 Å². The maximum absolute atomic E-state index is 15.2. The van der Waals surface area contributed by atoms with Gasteiger partial charge >= 0.3 is 6.03 Å². The Labute approximate surface area is 296 Å². The summed E-state index contributed by atoms with van der Waals surface area (Å²) in [7, 11) is -1.45. The number of aromatic nitrogens is 2. The van der Waals surface area contributed by atoms with E-state index in [0.717, 1.165) is 64.6 Å². The lowest BCUT2D eigenvalue weighted by Gasteiger charge is -2.38. The number of piperazine rings is 1. The molecule has 0 saturated carbocycles. The average Bonchev–Trinajstić information content (AvgIpc) is 3.53. The molecule has 0 aliphatic carbocycles. The first-order valence-corrected chi connectivity index (χ1v) is 19.0. The molecular formula is C37H40FN7O3S2. The zero-order valence-electron chi connectivity index (χ0n) is 28.1. The van der Waals surface area contributed by atoms with E-state index in [1.807, 2.05) is 19.2 Å². The van der Waals surface area contributed by atoms with Gasteiger partial charge < -0.3 is 15.5 Å². The largest absolute Gasteiger partial charge is 0.332 e. The number of thiophene rings is 1. The molecule has 10 nitrogen and oxygen atoms in total. The lowest BCUT2D eigenvalue weighted by atomic mass is 10.0. The molecule has 50 heavy (non-hydrogen) atoms. The molecule has 3 aromatic heterocycles. The first kappa shape index (κ1) is 34.2. The zero-order valence-corrected chi connectivity index (χ0v) is 29.7. The Hall–Kier alpha value is -4.27. The summed E-state index contributed by atoms with van der Waals surface area (Å²) in [6.45, 7) is 7.45. The smallest absolute Gasteiger partial charge is 0.319 e. The van der Waals surface area contributed by atoms with Crippen LogP contribution in [-0.4, -0.2) is 90.9 Å². The number of nitrogens with zero attached hydrogens (tertiary/aromatic N) is 5. The molecule has 2 fully saturated rings. The Kier molecular flexibility index (Phi) is 9.94. The van der Waals surface area contributed by atoms with Crippen LogP contribution in [0.1, 0.15) is 22.3 Å². The van der Waals surface area contributed by atoms with Crippen LogP contribution in [0.15, 0.2) is 84.0 Å². The number of carbonyl (C=O) groups is 1. The minimum Gasteiger partial charge on any atom is -0.332 e. The van der Waals surface area contributed by atoms with Gasteiger partial charge in [0.15, 0.2) is 0 Å².